The summed E-state index contributed by atoms with van der Waals surface area (Å²) >= 11 is 17.5. The average molecular weight is 770 g/mol. The third-order valence-electron chi connectivity index (χ3n) is 9.89. The third-order valence-corrected chi connectivity index (χ3v) is 11.8. The summed E-state index contributed by atoms with van der Waals surface area (Å²) in [5.41, 5.74) is -1.11. The molecule has 2 aliphatic heterocycles. The Balaban J connectivity index is 1.44. The summed E-state index contributed by atoms with van der Waals surface area (Å²) < 4.78 is 73.8. The molecule has 0 radical (unpaired) electrons. The smallest absolute Gasteiger partial charge is 0.258 e. The van der Waals surface area contributed by atoms with Gasteiger partial charge in [0.1, 0.15) is 11.4 Å². The zero-order valence-corrected chi connectivity index (χ0v) is 27.4. The normalized spacial score (nSPS) is 29.6. The van der Waals surface area contributed by atoms with E-state index in [9.17, 15) is 37.5 Å². The minimum Gasteiger partial charge on any atom is -0.507 e. The van der Waals surface area contributed by atoms with Gasteiger partial charge in [-0.05, 0) is 55.5 Å². The third kappa shape index (κ3) is 4.04. The van der Waals surface area contributed by atoms with Crippen molar-refractivity contribution in [2.75, 3.05) is 9.80 Å². The lowest BCUT2D eigenvalue weighted by molar-refractivity contribution is -0.125. The predicted octanol–water partition coefficient (Wildman–Crippen LogP) is 6.93. The maximum Gasteiger partial charge on any atom is 0.258 e. The number of allylic oxidation sites excluding steroid dienone is 2. The highest BCUT2D eigenvalue weighted by Gasteiger charge is 2.77. The van der Waals surface area contributed by atoms with E-state index < -0.39 is 98.2 Å². The number of benzene rings is 3. The number of imide groups is 2. The molecule has 2 saturated heterocycles. The number of alkyl halides is 2. The molecule has 3 fully saturated rings. The molecule has 6 atom stereocenters. The van der Waals surface area contributed by atoms with Gasteiger partial charge in [-0.15, -0.1) is 23.2 Å². The summed E-state index contributed by atoms with van der Waals surface area (Å²) in [5.74, 6) is -21.8. The molecule has 1 N–H and O–H groups in total. The van der Waals surface area contributed by atoms with Crippen LogP contribution in [0.25, 0.3) is 0 Å². The summed E-state index contributed by atoms with van der Waals surface area (Å²) in [6, 6.07) is 10.8. The van der Waals surface area contributed by atoms with Crippen molar-refractivity contribution in [3.05, 3.63) is 98.8 Å². The number of hydrogen-bond acceptors (Lipinski definition) is 5. The Morgan fingerprint density at radius 3 is 2.04 bits per heavy atom. The second-order valence-corrected chi connectivity index (χ2v) is 14.4. The first-order valence-electron chi connectivity index (χ1n) is 14.5. The molecule has 2 aliphatic carbocycles. The molecule has 0 spiro atoms. The van der Waals surface area contributed by atoms with Gasteiger partial charge < -0.3 is 5.11 Å². The average Bonchev–Trinajstić information content (AvgIpc) is 3.39. The fourth-order valence-corrected chi connectivity index (χ4v) is 8.86. The molecule has 15 heteroatoms. The van der Waals surface area contributed by atoms with Gasteiger partial charge in [0.15, 0.2) is 33.0 Å². The van der Waals surface area contributed by atoms with E-state index in [1.54, 1.807) is 30.3 Å². The molecule has 248 valence electrons. The zero-order chi connectivity index (χ0) is 34.8. The second-order valence-electron chi connectivity index (χ2n) is 12.2. The van der Waals surface area contributed by atoms with Crippen molar-refractivity contribution in [3.8, 4) is 5.75 Å². The molecule has 2 heterocycles. The van der Waals surface area contributed by atoms with Crippen LogP contribution in [0, 0.1) is 53.8 Å². The first-order valence-corrected chi connectivity index (χ1v) is 16.0. The Labute approximate surface area is 287 Å². The molecule has 0 bridgehead atoms. The molecule has 7 rings (SSSR count). The van der Waals surface area contributed by atoms with Crippen molar-refractivity contribution in [3.63, 3.8) is 0 Å². The molecule has 0 unspecified atom stereocenters. The number of carbonyl (C=O) groups excluding carboxylic acids is 4. The fraction of sp³-hybridized carbons (Fsp3) is 0.273. The monoisotopic (exact) mass is 768 g/mol. The van der Waals surface area contributed by atoms with Crippen molar-refractivity contribution >= 4 is 74.1 Å². The first kappa shape index (κ1) is 32.7. The van der Waals surface area contributed by atoms with Crippen molar-refractivity contribution in [2.24, 2.45) is 17.8 Å². The Morgan fingerprint density at radius 2 is 1.42 bits per heavy atom. The van der Waals surface area contributed by atoms with Crippen LogP contribution < -0.4 is 9.80 Å². The highest BCUT2D eigenvalue weighted by molar-refractivity contribution is 9.10. The number of aromatic hydroxyl groups is 1. The number of rotatable bonds is 3. The van der Waals surface area contributed by atoms with Crippen LogP contribution in [0.2, 0.25) is 0 Å². The lowest BCUT2D eigenvalue weighted by atomic mass is 9.56. The number of nitrogens with zero attached hydrogens (tertiary/aromatic N) is 2. The van der Waals surface area contributed by atoms with Gasteiger partial charge in [-0.25, -0.2) is 26.9 Å². The molecule has 0 aromatic heterocycles. The molecular formula is C33H20BrCl2F5N2O5. The molecule has 4 aliphatic rings. The Morgan fingerprint density at radius 1 is 0.812 bits per heavy atom. The molecule has 3 aromatic carbocycles. The summed E-state index contributed by atoms with van der Waals surface area (Å²) in [6.07, 6.45) is 0.897. The van der Waals surface area contributed by atoms with E-state index >= 15 is 8.78 Å². The number of anilines is 2. The van der Waals surface area contributed by atoms with Crippen LogP contribution in [0.3, 0.4) is 0 Å². The molecule has 7 nitrogen and oxygen atoms in total. The summed E-state index contributed by atoms with van der Waals surface area (Å²) in [4.78, 5) is 51.7. The number of amides is 4. The number of para-hydroxylation sites is 1. The van der Waals surface area contributed by atoms with Crippen molar-refractivity contribution in [2.45, 2.75) is 35.4 Å². The van der Waals surface area contributed by atoms with Crippen LogP contribution in [0.15, 0.2) is 58.6 Å². The van der Waals surface area contributed by atoms with E-state index in [2.05, 4.69) is 15.9 Å². The van der Waals surface area contributed by atoms with Gasteiger partial charge >= 0.3 is 0 Å². The van der Waals surface area contributed by atoms with Crippen LogP contribution in [0.5, 0.6) is 5.75 Å². The molecule has 1 saturated carbocycles. The van der Waals surface area contributed by atoms with Gasteiger partial charge in [-0.3, -0.25) is 24.1 Å². The number of hydrogen-bond donors (Lipinski definition) is 1. The molecule has 48 heavy (non-hydrogen) atoms. The summed E-state index contributed by atoms with van der Waals surface area (Å²) in [6.45, 7) is 1.53. The fourth-order valence-electron chi connectivity index (χ4n) is 7.67. The topological polar surface area (TPSA) is 95.0 Å². The van der Waals surface area contributed by atoms with Gasteiger partial charge in [0, 0.05) is 16.0 Å². The van der Waals surface area contributed by atoms with E-state index in [0.717, 1.165) is 4.90 Å². The van der Waals surface area contributed by atoms with Gasteiger partial charge in [0.05, 0.1) is 17.5 Å². The van der Waals surface area contributed by atoms with E-state index in [4.69, 9.17) is 23.2 Å². The Hall–Kier alpha value is -3.81. The quantitative estimate of drug-likeness (QED) is 0.0780. The first-order chi connectivity index (χ1) is 22.6. The van der Waals surface area contributed by atoms with E-state index in [-0.39, 0.29) is 33.9 Å². The van der Waals surface area contributed by atoms with Gasteiger partial charge in [-0.1, -0.05) is 45.8 Å². The second kappa shape index (κ2) is 10.8. The van der Waals surface area contributed by atoms with Crippen LogP contribution >= 0.6 is 39.1 Å². The predicted molar refractivity (Wildman–Crippen MR) is 166 cm³/mol. The number of phenols is 1. The van der Waals surface area contributed by atoms with Gasteiger partial charge in [-0.2, -0.15) is 0 Å². The molecular weight excluding hydrogens is 750 g/mol. The largest absolute Gasteiger partial charge is 0.507 e. The molecule has 4 amide bonds. The number of aryl methyl sites for hydroxylation is 1. The van der Waals surface area contributed by atoms with Crippen molar-refractivity contribution in [1.29, 1.82) is 0 Å². The van der Waals surface area contributed by atoms with Crippen LogP contribution in [0.1, 0.15) is 29.9 Å². The minimum atomic E-state index is -2.72. The SMILES string of the molecule is Cc1cccc([C@H]2C3=CC[C@@H]4C(=O)N(c5ccc(Br)cc5)C(=O)[C@@H]4[C@@H]3C[C@@]3(Cl)C(=O)N(c4c(F)c(F)c(F)c(F)c4F)C(=O)[C@@]23Cl)c1O. The maximum atomic E-state index is 15.2. The number of phenolic OH excluding ortho intramolecular Hbond substituents is 1. The highest BCUT2D eigenvalue weighted by Crippen LogP contribution is 2.67. The maximum absolute atomic E-state index is 15.2. The van der Waals surface area contributed by atoms with Crippen molar-refractivity contribution in [1.82, 2.24) is 0 Å². The lowest BCUT2D eigenvalue weighted by Crippen LogP contribution is -2.60. The van der Waals surface area contributed by atoms with Crippen LogP contribution in [-0.2, 0) is 19.2 Å². The number of fused-ring (bicyclic) bond motifs is 4. The number of carbonyl (C=O) groups is 4. The van der Waals surface area contributed by atoms with E-state index in [0.29, 0.717) is 10.0 Å². The van der Waals surface area contributed by atoms with E-state index in [1.807, 2.05) is 0 Å². The highest BCUT2D eigenvalue weighted by atomic mass is 79.9. The Kier molecular flexibility index (Phi) is 7.39. The lowest BCUT2D eigenvalue weighted by Gasteiger charge is -2.50. The summed E-state index contributed by atoms with van der Waals surface area (Å²) in [5, 5.41) is 11.2. The standard InChI is InChI=1S/C33H20BrCl2F5N2O5/c1-12-3-2-4-17(27(12)44)20-15-9-10-16-19(29(46)42(28(16)45)14-7-5-13(34)6-8-14)18(15)11-32(35)30(47)43(31(48)33(20,32)36)26-24(40)22(38)21(37)23(39)25(26)41/h2-9,16,18-20,44H,10-11H2,1H3/t16-,18+,19-,20+,32+,33-/m0/s1. The zero-order valence-electron chi connectivity index (χ0n) is 24.3. The van der Waals surface area contributed by atoms with Gasteiger partial charge in [0.25, 0.3) is 11.8 Å². The summed E-state index contributed by atoms with van der Waals surface area (Å²) in [7, 11) is 0. The van der Waals surface area contributed by atoms with Crippen molar-refractivity contribution < 1.29 is 46.2 Å². The van der Waals surface area contributed by atoms with Gasteiger partial charge in [0.2, 0.25) is 17.6 Å². The number of halogens is 8. The molecule has 3 aromatic rings. The van der Waals surface area contributed by atoms with E-state index in [1.165, 1.54) is 25.1 Å². The minimum absolute atomic E-state index is 0.0249. The van der Waals surface area contributed by atoms with Crippen LogP contribution in [0.4, 0.5) is 33.3 Å². The Bertz CT molecular complexity index is 2020. The van der Waals surface area contributed by atoms with Crippen LogP contribution in [-0.4, -0.2) is 38.5 Å².